The van der Waals surface area contributed by atoms with Crippen molar-refractivity contribution >= 4 is 11.3 Å². The first-order valence-corrected chi connectivity index (χ1v) is 5.87. The first-order valence-electron chi connectivity index (χ1n) is 4.93. The molecule has 4 N–H and O–H groups in total. The summed E-state index contributed by atoms with van der Waals surface area (Å²) < 4.78 is 0. The fourth-order valence-electron chi connectivity index (χ4n) is 1.93. The Morgan fingerprint density at radius 2 is 2.21 bits per heavy atom. The van der Waals surface area contributed by atoms with Gasteiger partial charge in [0.25, 0.3) is 0 Å². The molecule has 3 nitrogen and oxygen atoms in total. The fourth-order valence-corrected chi connectivity index (χ4v) is 2.63. The molecule has 0 aromatic carbocycles. The van der Waals surface area contributed by atoms with Gasteiger partial charge in [0.05, 0.1) is 11.6 Å². The van der Waals surface area contributed by atoms with Crippen LogP contribution >= 0.6 is 11.3 Å². The zero-order valence-electron chi connectivity index (χ0n) is 8.07. The lowest BCUT2D eigenvalue weighted by atomic mass is 9.83. The fraction of sp³-hybridized carbons (Fsp3) is 0.600. The van der Waals surface area contributed by atoms with Gasteiger partial charge in [0, 0.05) is 0 Å². The molecule has 78 valence electrons. The second-order valence-electron chi connectivity index (χ2n) is 3.89. The second kappa shape index (κ2) is 3.98. The minimum atomic E-state index is -0.716. The topological polar surface area (TPSA) is 58.3 Å². The number of hydrogen-bond donors (Lipinski definition) is 3. The van der Waals surface area contributed by atoms with Gasteiger partial charge in [0.2, 0.25) is 0 Å². The smallest absolute Gasteiger partial charge is 0.0863 e. The quantitative estimate of drug-likeness (QED) is 0.681. The highest BCUT2D eigenvalue weighted by Gasteiger charge is 2.36. The van der Waals surface area contributed by atoms with Crippen LogP contribution in [0.3, 0.4) is 0 Å². The number of piperidine rings is 1. The van der Waals surface area contributed by atoms with Crippen LogP contribution in [0, 0.1) is 0 Å². The van der Waals surface area contributed by atoms with Gasteiger partial charge < -0.3 is 16.2 Å². The predicted octanol–water partition coefficient (Wildman–Crippen LogP) is 0.862. The largest absolute Gasteiger partial charge is 0.388 e. The van der Waals surface area contributed by atoms with E-state index in [-0.39, 0.29) is 6.04 Å². The van der Waals surface area contributed by atoms with E-state index in [1.54, 1.807) is 11.3 Å². The summed E-state index contributed by atoms with van der Waals surface area (Å²) in [7, 11) is 0. The summed E-state index contributed by atoms with van der Waals surface area (Å²) in [5.74, 6) is 0. The molecular formula is C10H16N2OS. The zero-order chi connectivity index (χ0) is 10.0. The van der Waals surface area contributed by atoms with Gasteiger partial charge in [-0.15, -0.1) is 0 Å². The minimum absolute atomic E-state index is 0.240. The minimum Gasteiger partial charge on any atom is -0.388 e. The average Bonchev–Trinajstić information content (AvgIpc) is 2.70. The molecule has 2 heterocycles. The van der Waals surface area contributed by atoms with E-state index in [0.29, 0.717) is 0 Å². The van der Waals surface area contributed by atoms with E-state index in [2.05, 4.69) is 5.32 Å². The molecule has 1 fully saturated rings. The predicted molar refractivity (Wildman–Crippen MR) is 58.3 cm³/mol. The summed E-state index contributed by atoms with van der Waals surface area (Å²) >= 11 is 1.62. The third-order valence-electron chi connectivity index (χ3n) is 2.95. The van der Waals surface area contributed by atoms with Crippen LogP contribution in [0.4, 0.5) is 0 Å². The molecule has 1 saturated heterocycles. The van der Waals surface area contributed by atoms with Gasteiger partial charge in [0.1, 0.15) is 0 Å². The summed E-state index contributed by atoms with van der Waals surface area (Å²) in [6.45, 7) is 1.71. The number of hydrogen-bond acceptors (Lipinski definition) is 4. The average molecular weight is 212 g/mol. The van der Waals surface area contributed by atoms with Crippen LogP contribution in [0.25, 0.3) is 0 Å². The standard InChI is InChI=1S/C10H16N2OS/c11-9(8-1-6-14-7-8)10(13)2-4-12-5-3-10/h1,6-7,9,12-13H,2-5,11H2. The SMILES string of the molecule is NC(c1ccsc1)C1(O)CCNCC1. The Hall–Kier alpha value is -0.420. The second-order valence-corrected chi connectivity index (χ2v) is 4.67. The Morgan fingerprint density at radius 1 is 1.50 bits per heavy atom. The van der Waals surface area contributed by atoms with Crippen LogP contribution < -0.4 is 11.1 Å². The maximum Gasteiger partial charge on any atom is 0.0863 e. The molecule has 14 heavy (non-hydrogen) atoms. The van der Waals surface area contributed by atoms with E-state index in [4.69, 9.17) is 5.73 Å². The third kappa shape index (κ3) is 1.83. The molecule has 0 aliphatic carbocycles. The van der Waals surface area contributed by atoms with Crippen molar-refractivity contribution in [2.24, 2.45) is 5.73 Å². The summed E-state index contributed by atoms with van der Waals surface area (Å²) in [5.41, 5.74) is 6.42. The Bertz CT molecular complexity index is 280. The van der Waals surface area contributed by atoms with Crippen LogP contribution in [0.5, 0.6) is 0 Å². The lowest BCUT2D eigenvalue weighted by Crippen LogP contribution is -2.48. The van der Waals surface area contributed by atoms with E-state index in [0.717, 1.165) is 31.5 Å². The monoisotopic (exact) mass is 212 g/mol. The summed E-state index contributed by atoms with van der Waals surface area (Å²) in [6, 6.07) is 1.76. The van der Waals surface area contributed by atoms with Crippen molar-refractivity contribution in [2.75, 3.05) is 13.1 Å². The summed E-state index contributed by atoms with van der Waals surface area (Å²) in [5, 5.41) is 17.6. The summed E-state index contributed by atoms with van der Waals surface area (Å²) in [4.78, 5) is 0. The molecule has 0 saturated carbocycles. The van der Waals surface area contributed by atoms with Crippen molar-refractivity contribution in [2.45, 2.75) is 24.5 Å². The molecule has 1 aliphatic heterocycles. The van der Waals surface area contributed by atoms with Crippen molar-refractivity contribution in [3.8, 4) is 0 Å². The molecule has 0 radical (unpaired) electrons. The first kappa shape index (κ1) is 10.1. The van der Waals surface area contributed by atoms with Gasteiger partial charge in [0.15, 0.2) is 0 Å². The number of nitrogens with one attached hydrogen (secondary N) is 1. The van der Waals surface area contributed by atoms with E-state index in [1.807, 2.05) is 16.8 Å². The molecule has 1 aliphatic rings. The Kier molecular flexibility index (Phi) is 2.88. The number of aliphatic hydroxyl groups is 1. The van der Waals surface area contributed by atoms with Crippen molar-refractivity contribution < 1.29 is 5.11 Å². The number of thiophene rings is 1. The van der Waals surface area contributed by atoms with E-state index < -0.39 is 5.60 Å². The molecule has 1 unspecified atom stereocenters. The van der Waals surface area contributed by atoms with E-state index in [9.17, 15) is 5.11 Å². The zero-order valence-corrected chi connectivity index (χ0v) is 8.89. The lowest BCUT2D eigenvalue weighted by molar-refractivity contribution is -0.0142. The number of rotatable bonds is 2. The van der Waals surface area contributed by atoms with E-state index >= 15 is 0 Å². The Labute approximate surface area is 87.9 Å². The molecule has 0 spiro atoms. The van der Waals surface area contributed by atoms with Gasteiger partial charge in [-0.25, -0.2) is 0 Å². The maximum absolute atomic E-state index is 10.4. The molecule has 1 atom stereocenters. The third-order valence-corrected chi connectivity index (χ3v) is 3.65. The summed E-state index contributed by atoms with van der Waals surface area (Å²) in [6.07, 6.45) is 1.48. The molecule has 2 rings (SSSR count). The van der Waals surface area contributed by atoms with Crippen LogP contribution in [0.2, 0.25) is 0 Å². The van der Waals surface area contributed by atoms with Crippen LogP contribution in [-0.2, 0) is 0 Å². The van der Waals surface area contributed by atoms with Crippen molar-refractivity contribution in [3.05, 3.63) is 22.4 Å². The van der Waals surface area contributed by atoms with Gasteiger partial charge in [-0.1, -0.05) is 0 Å². The molecule has 4 heteroatoms. The maximum atomic E-state index is 10.4. The van der Waals surface area contributed by atoms with Gasteiger partial charge in [-0.05, 0) is 48.3 Å². The highest BCUT2D eigenvalue weighted by Crippen LogP contribution is 2.32. The Morgan fingerprint density at radius 3 is 2.79 bits per heavy atom. The van der Waals surface area contributed by atoms with E-state index in [1.165, 1.54) is 0 Å². The van der Waals surface area contributed by atoms with Crippen molar-refractivity contribution in [3.63, 3.8) is 0 Å². The highest BCUT2D eigenvalue weighted by atomic mass is 32.1. The van der Waals surface area contributed by atoms with Crippen molar-refractivity contribution in [1.82, 2.24) is 5.32 Å². The van der Waals surface area contributed by atoms with Gasteiger partial charge in [-0.3, -0.25) is 0 Å². The van der Waals surface area contributed by atoms with Crippen LogP contribution in [0.15, 0.2) is 16.8 Å². The first-order chi connectivity index (χ1) is 6.72. The van der Waals surface area contributed by atoms with Gasteiger partial charge in [-0.2, -0.15) is 11.3 Å². The molecule has 1 aromatic rings. The molecule has 1 aromatic heterocycles. The lowest BCUT2D eigenvalue weighted by Gasteiger charge is -2.37. The van der Waals surface area contributed by atoms with Crippen molar-refractivity contribution in [1.29, 1.82) is 0 Å². The van der Waals surface area contributed by atoms with Crippen LogP contribution in [0.1, 0.15) is 24.4 Å². The van der Waals surface area contributed by atoms with Crippen LogP contribution in [-0.4, -0.2) is 23.8 Å². The highest BCUT2D eigenvalue weighted by molar-refractivity contribution is 7.07. The number of nitrogens with two attached hydrogens (primary N) is 1. The molecule has 0 amide bonds. The normalized spacial score (nSPS) is 23.3. The molecule has 0 bridgehead atoms. The van der Waals surface area contributed by atoms with Gasteiger partial charge >= 0.3 is 0 Å². The Balaban J connectivity index is 2.13. The molecular weight excluding hydrogens is 196 g/mol.